The number of nitrogens with two attached hydrogens (primary N) is 1. The highest BCUT2D eigenvalue weighted by Gasteiger charge is 2.10. The molecule has 0 spiro atoms. The molecule has 0 aliphatic heterocycles. The average molecular weight is 284 g/mol. The molecule has 1 unspecified atom stereocenters. The average Bonchev–Trinajstić information content (AvgIpc) is 2.32. The van der Waals surface area contributed by atoms with Gasteiger partial charge in [-0.1, -0.05) is 41.4 Å². The summed E-state index contributed by atoms with van der Waals surface area (Å²) < 4.78 is 13.1. The van der Waals surface area contributed by atoms with E-state index in [1.165, 1.54) is 12.1 Å². The SMILES string of the molecule is NC(Cc1ccc(Cl)cc1Cl)c1cccc(F)c1. The molecule has 2 rings (SSSR count). The molecular weight excluding hydrogens is 272 g/mol. The molecular formula is C14H12Cl2FN. The summed E-state index contributed by atoms with van der Waals surface area (Å²) in [5.41, 5.74) is 7.70. The Morgan fingerprint density at radius 1 is 1.11 bits per heavy atom. The van der Waals surface area contributed by atoms with Crippen molar-refractivity contribution in [2.75, 3.05) is 0 Å². The van der Waals surface area contributed by atoms with Gasteiger partial charge in [0.15, 0.2) is 0 Å². The molecule has 0 aromatic heterocycles. The van der Waals surface area contributed by atoms with Crippen molar-refractivity contribution in [3.8, 4) is 0 Å². The minimum absolute atomic E-state index is 0.287. The molecule has 0 aliphatic rings. The number of rotatable bonds is 3. The molecule has 0 saturated heterocycles. The second kappa shape index (κ2) is 5.70. The van der Waals surface area contributed by atoms with E-state index in [-0.39, 0.29) is 11.9 Å². The Morgan fingerprint density at radius 2 is 1.89 bits per heavy atom. The van der Waals surface area contributed by atoms with Crippen molar-refractivity contribution >= 4 is 23.2 Å². The summed E-state index contributed by atoms with van der Waals surface area (Å²) in [5, 5.41) is 1.16. The minimum atomic E-state index is -0.292. The van der Waals surface area contributed by atoms with Gasteiger partial charge < -0.3 is 5.73 Å². The quantitative estimate of drug-likeness (QED) is 0.889. The van der Waals surface area contributed by atoms with Crippen LogP contribution in [0.3, 0.4) is 0 Å². The summed E-state index contributed by atoms with van der Waals surface area (Å²) >= 11 is 11.9. The van der Waals surface area contributed by atoms with Gasteiger partial charge in [0.25, 0.3) is 0 Å². The van der Waals surface area contributed by atoms with E-state index in [4.69, 9.17) is 28.9 Å². The molecule has 1 nitrogen and oxygen atoms in total. The van der Waals surface area contributed by atoms with Gasteiger partial charge in [-0.05, 0) is 41.8 Å². The maximum Gasteiger partial charge on any atom is 0.123 e. The lowest BCUT2D eigenvalue weighted by atomic mass is 9.99. The lowest BCUT2D eigenvalue weighted by Crippen LogP contribution is -2.13. The van der Waals surface area contributed by atoms with Gasteiger partial charge in [0.2, 0.25) is 0 Å². The fraction of sp³-hybridized carbons (Fsp3) is 0.143. The monoisotopic (exact) mass is 283 g/mol. The predicted molar refractivity (Wildman–Crippen MR) is 73.5 cm³/mol. The van der Waals surface area contributed by atoms with Gasteiger partial charge in [-0.2, -0.15) is 0 Å². The Kier molecular flexibility index (Phi) is 4.23. The highest BCUT2D eigenvalue weighted by molar-refractivity contribution is 6.35. The van der Waals surface area contributed by atoms with Crippen LogP contribution in [-0.2, 0) is 6.42 Å². The van der Waals surface area contributed by atoms with Gasteiger partial charge in [-0.15, -0.1) is 0 Å². The maximum absolute atomic E-state index is 13.1. The van der Waals surface area contributed by atoms with Gasteiger partial charge in [0.1, 0.15) is 5.82 Å². The van der Waals surface area contributed by atoms with Crippen LogP contribution in [0.5, 0.6) is 0 Å². The van der Waals surface area contributed by atoms with E-state index in [9.17, 15) is 4.39 Å². The molecule has 0 bridgehead atoms. The van der Waals surface area contributed by atoms with Crippen LogP contribution in [0.15, 0.2) is 42.5 Å². The van der Waals surface area contributed by atoms with Crippen LogP contribution in [0.25, 0.3) is 0 Å². The summed E-state index contributed by atoms with van der Waals surface area (Å²) in [7, 11) is 0. The molecule has 0 aliphatic carbocycles. The van der Waals surface area contributed by atoms with Crippen LogP contribution in [0.2, 0.25) is 10.0 Å². The van der Waals surface area contributed by atoms with Gasteiger partial charge in [0, 0.05) is 16.1 Å². The third-order valence-electron chi connectivity index (χ3n) is 2.73. The highest BCUT2D eigenvalue weighted by Crippen LogP contribution is 2.25. The number of halogens is 3. The van der Waals surface area contributed by atoms with E-state index in [0.717, 1.165) is 11.1 Å². The van der Waals surface area contributed by atoms with Crippen LogP contribution in [-0.4, -0.2) is 0 Å². The lowest BCUT2D eigenvalue weighted by molar-refractivity contribution is 0.618. The zero-order valence-electron chi connectivity index (χ0n) is 9.54. The molecule has 94 valence electrons. The molecule has 18 heavy (non-hydrogen) atoms. The second-order valence-corrected chi connectivity index (χ2v) is 4.94. The van der Waals surface area contributed by atoms with Crippen LogP contribution in [0.4, 0.5) is 4.39 Å². The topological polar surface area (TPSA) is 26.0 Å². The summed E-state index contributed by atoms with van der Waals surface area (Å²) in [6.45, 7) is 0. The molecule has 0 saturated carbocycles. The summed E-state index contributed by atoms with van der Waals surface area (Å²) in [4.78, 5) is 0. The van der Waals surface area contributed by atoms with Gasteiger partial charge in [0.05, 0.1) is 0 Å². The summed E-state index contributed by atoms with van der Waals surface area (Å²) in [5.74, 6) is -0.287. The largest absolute Gasteiger partial charge is 0.324 e. The smallest absolute Gasteiger partial charge is 0.123 e. The lowest BCUT2D eigenvalue weighted by Gasteiger charge is -2.13. The van der Waals surface area contributed by atoms with E-state index in [0.29, 0.717) is 16.5 Å². The van der Waals surface area contributed by atoms with E-state index in [1.807, 2.05) is 6.07 Å². The first-order chi connectivity index (χ1) is 8.56. The molecule has 4 heteroatoms. The van der Waals surface area contributed by atoms with Crippen molar-refractivity contribution < 1.29 is 4.39 Å². The third-order valence-corrected chi connectivity index (χ3v) is 3.32. The summed E-state index contributed by atoms with van der Waals surface area (Å²) in [6, 6.07) is 11.3. The number of benzene rings is 2. The Labute approximate surface area is 115 Å². The molecule has 2 aromatic carbocycles. The maximum atomic E-state index is 13.1. The predicted octanol–water partition coefficient (Wildman–Crippen LogP) is 4.38. The fourth-order valence-corrected chi connectivity index (χ4v) is 2.26. The van der Waals surface area contributed by atoms with Crippen molar-refractivity contribution in [3.63, 3.8) is 0 Å². The van der Waals surface area contributed by atoms with E-state index >= 15 is 0 Å². The van der Waals surface area contributed by atoms with Crippen LogP contribution in [0, 0.1) is 5.82 Å². The molecule has 2 aromatic rings. The van der Waals surface area contributed by atoms with Crippen LogP contribution >= 0.6 is 23.2 Å². The van der Waals surface area contributed by atoms with E-state index < -0.39 is 0 Å². The molecule has 2 N–H and O–H groups in total. The van der Waals surface area contributed by atoms with Crippen molar-refractivity contribution in [2.45, 2.75) is 12.5 Å². The molecule has 1 atom stereocenters. The van der Waals surface area contributed by atoms with Gasteiger partial charge in [-0.3, -0.25) is 0 Å². The molecule has 0 heterocycles. The first-order valence-corrected chi connectivity index (χ1v) is 6.27. The van der Waals surface area contributed by atoms with Crippen LogP contribution in [0.1, 0.15) is 17.2 Å². The Bertz CT molecular complexity index is 557. The standard InChI is InChI=1S/C14H12Cl2FN/c15-11-5-4-9(13(16)8-11)7-14(18)10-2-1-3-12(17)6-10/h1-6,8,14H,7,18H2. The third kappa shape index (κ3) is 3.22. The van der Waals surface area contributed by atoms with Gasteiger partial charge >= 0.3 is 0 Å². The molecule has 0 amide bonds. The highest BCUT2D eigenvalue weighted by atomic mass is 35.5. The van der Waals surface area contributed by atoms with Crippen molar-refractivity contribution in [1.82, 2.24) is 0 Å². The molecule has 0 radical (unpaired) electrons. The first kappa shape index (κ1) is 13.3. The van der Waals surface area contributed by atoms with Crippen molar-refractivity contribution in [2.24, 2.45) is 5.73 Å². The Hall–Kier alpha value is -1.09. The van der Waals surface area contributed by atoms with Gasteiger partial charge in [-0.25, -0.2) is 4.39 Å². The molecule has 0 fully saturated rings. The van der Waals surface area contributed by atoms with E-state index in [2.05, 4.69) is 0 Å². The first-order valence-electron chi connectivity index (χ1n) is 5.51. The van der Waals surface area contributed by atoms with Crippen molar-refractivity contribution in [1.29, 1.82) is 0 Å². The normalized spacial score (nSPS) is 12.4. The Balaban J connectivity index is 2.18. The number of hydrogen-bond acceptors (Lipinski definition) is 1. The van der Waals surface area contributed by atoms with Crippen LogP contribution < -0.4 is 5.73 Å². The Morgan fingerprint density at radius 3 is 2.56 bits per heavy atom. The zero-order chi connectivity index (χ0) is 13.1. The summed E-state index contributed by atoms with van der Waals surface area (Å²) in [6.07, 6.45) is 0.541. The number of hydrogen-bond donors (Lipinski definition) is 1. The van der Waals surface area contributed by atoms with E-state index in [1.54, 1.807) is 24.3 Å². The fourth-order valence-electron chi connectivity index (χ4n) is 1.78. The second-order valence-electron chi connectivity index (χ2n) is 4.10. The van der Waals surface area contributed by atoms with Crippen molar-refractivity contribution in [3.05, 3.63) is 69.5 Å². The minimum Gasteiger partial charge on any atom is -0.324 e. The zero-order valence-corrected chi connectivity index (χ0v) is 11.0.